The number of aliphatic hydroxyl groups is 2. The number of carbonyl (C=O) groups excluding carboxylic acids is 2. The van der Waals surface area contributed by atoms with E-state index in [1.807, 2.05) is 6.08 Å². The highest BCUT2D eigenvalue weighted by Gasteiger charge is 2.18. The molecule has 62 heavy (non-hydrogen) atoms. The smallest absolute Gasteiger partial charge is 0.305 e. The molecule has 0 saturated heterocycles. The Morgan fingerprint density at radius 1 is 0.435 bits per heavy atom. The fourth-order valence-corrected chi connectivity index (χ4v) is 8.45. The number of unbranched alkanes of at least 4 members (excludes halogenated alkanes) is 38. The van der Waals surface area contributed by atoms with Crippen molar-refractivity contribution in [1.29, 1.82) is 0 Å². The number of ether oxygens (including phenoxy) is 1. The Hall–Kier alpha value is -1.66. The molecule has 6 nitrogen and oxygen atoms in total. The van der Waals surface area contributed by atoms with E-state index in [1.54, 1.807) is 6.08 Å². The predicted molar refractivity (Wildman–Crippen MR) is 269 cm³/mol. The Balaban J connectivity index is 3.35. The molecule has 0 aromatic heterocycles. The summed E-state index contributed by atoms with van der Waals surface area (Å²) < 4.78 is 5.46. The first-order valence-corrected chi connectivity index (χ1v) is 27.6. The van der Waals surface area contributed by atoms with Crippen molar-refractivity contribution in [3.8, 4) is 0 Å². The second-order valence-electron chi connectivity index (χ2n) is 18.9. The summed E-state index contributed by atoms with van der Waals surface area (Å²) in [5.74, 6) is -0.0649. The molecule has 0 saturated carbocycles. The maximum absolute atomic E-state index is 12.4. The van der Waals surface area contributed by atoms with E-state index in [0.717, 1.165) is 44.9 Å². The minimum absolute atomic E-state index is 0.00448. The van der Waals surface area contributed by atoms with E-state index in [4.69, 9.17) is 4.74 Å². The predicted octanol–water partition coefficient (Wildman–Crippen LogP) is 16.7. The van der Waals surface area contributed by atoms with Crippen molar-refractivity contribution in [2.24, 2.45) is 0 Å². The average Bonchev–Trinajstić information content (AvgIpc) is 3.27. The van der Waals surface area contributed by atoms with Crippen LogP contribution in [0.5, 0.6) is 0 Å². The van der Waals surface area contributed by atoms with Gasteiger partial charge in [-0.3, -0.25) is 9.59 Å². The van der Waals surface area contributed by atoms with Gasteiger partial charge in [-0.15, -0.1) is 0 Å². The summed E-state index contributed by atoms with van der Waals surface area (Å²) in [6, 6.07) is -0.624. The molecule has 3 N–H and O–H groups in total. The van der Waals surface area contributed by atoms with Crippen LogP contribution in [-0.4, -0.2) is 47.4 Å². The third-order valence-electron chi connectivity index (χ3n) is 12.7. The topological polar surface area (TPSA) is 95.9 Å². The molecule has 0 spiro atoms. The number of hydrogen-bond acceptors (Lipinski definition) is 5. The van der Waals surface area contributed by atoms with E-state index in [-0.39, 0.29) is 18.5 Å². The van der Waals surface area contributed by atoms with Crippen LogP contribution in [0.3, 0.4) is 0 Å². The zero-order valence-corrected chi connectivity index (χ0v) is 41.6. The molecule has 0 rings (SSSR count). The zero-order chi connectivity index (χ0) is 45.1. The summed E-state index contributed by atoms with van der Waals surface area (Å²) in [4.78, 5) is 24.4. The lowest BCUT2D eigenvalue weighted by atomic mass is 10.0. The standard InChI is InChI=1S/C56H107NO5/c1-3-5-7-9-11-13-14-30-34-38-42-46-50-56(61)62-51-47-43-39-35-31-28-26-24-22-20-18-16-15-17-19-21-23-25-27-29-33-37-41-45-49-55(60)57-53(52-58)54(59)48-44-40-36-32-12-10-8-6-4-2/h11,13,44,48,53-54,58-59H,3-10,12,14-43,45-47,49-52H2,1-2H3,(H,57,60)/b13-11-,48-44+. The Kier molecular flexibility index (Phi) is 50.6. The number of hydrogen-bond donors (Lipinski definition) is 3. The fourth-order valence-electron chi connectivity index (χ4n) is 8.45. The first kappa shape index (κ1) is 60.3. The molecule has 0 fully saturated rings. The van der Waals surface area contributed by atoms with Crippen LogP contribution < -0.4 is 5.32 Å². The third kappa shape index (κ3) is 47.8. The minimum Gasteiger partial charge on any atom is -0.466 e. The molecule has 0 radical (unpaired) electrons. The van der Waals surface area contributed by atoms with Crippen LogP contribution >= 0.6 is 0 Å². The van der Waals surface area contributed by atoms with Crippen molar-refractivity contribution in [2.75, 3.05) is 13.2 Å². The highest BCUT2D eigenvalue weighted by molar-refractivity contribution is 5.76. The van der Waals surface area contributed by atoms with Crippen LogP contribution in [0.25, 0.3) is 0 Å². The molecule has 0 aliphatic carbocycles. The number of aliphatic hydroxyl groups excluding tert-OH is 2. The number of allylic oxidation sites excluding steroid dienone is 3. The monoisotopic (exact) mass is 874 g/mol. The van der Waals surface area contributed by atoms with E-state index in [9.17, 15) is 19.8 Å². The van der Waals surface area contributed by atoms with Crippen molar-refractivity contribution in [2.45, 2.75) is 309 Å². The van der Waals surface area contributed by atoms with Crippen molar-refractivity contribution in [3.63, 3.8) is 0 Å². The Morgan fingerprint density at radius 2 is 0.758 bits per heavy atom. The van der Waals surface area contributed by atoms with Gasteiger partial charge in [0.25, 0.3) is 0 Å². The first-order chi connectivity index (χ1) is 30.5. The van der Waals surface area contributed by atoms with Crippen molar-refractivity contribution in [1.82, 2.24) is 5.32 Å². The zero-order valence-electron chi connectivity index (χ0n) is 41.6. The summed E-state index contributed by atoms with van der Waals surface area (Å²) in [7, 11) is 0. The van der Waals surface area contributed by atoms with E-state index >= 15 is 0 Å². The SMILES string of the molecule is CCCCC/C=C\CCCCCCCC(=O)OCCCCCCCCCCCCCCCCCCCCCCCCCCC(=O)NC(CO)C(O)/C=C/CCCCCCCCC. The Morgan fingerprint density at radius 3 is 1.18 bits per heavy atom. The summed E-state index contributed by atoms with van der Waals surface area (Å²) >= 11 is 0. The van der Waals surface area contributed by atoms with Crippen molar-refractivity contribution in [3.05, 3.63) is 24.3 Å². The lowest BCUT2D eigenvalue weighted by Gasteiger charge is -2.20. The second-order valence-corrected chi connectivity index (χ2v) is 18.9. The Labute approximate surface area is 386 Å². The van der Waals surface area contributed by atoms with Crippen LogP contribution in [-0.2, 0) is 14.3 Å². The van der Waals surface area contributed by atoms with Crippen LogP contribution in [0.4, 0.5) is 0 Å². The molecule has 0 aromatic carbocycles. The second kappa shape index (κ2) is 52.0. The van der Waals surface area contributed by atoms with Crippen LogP contribution in [0.1, 0.15) is 296 Å². The molecular weight excluding hydrogens is 767 g/mol. The quantitative estimate of drug-likeness (QED) is 0.0321. The normalized spacial score (nSPS) is 12.8. The molecule has 1 amide bonds. The molecule has 2 unspecified atom stereocenters. The van der Waals surface area contributed by atoms with Gasteiger partial charge < -0.3 is 20.3 Å². The molecule has 0 heterocycles. The minimum atomic E-state index is -0.840. The molecule has 366 valence electrons. The number of rotatable bonds is 51. The van der Waals surface area contributed by atoms with Gasteiger partial charge in [0.15, 0.2) is 0 Å². The van der Waals surface area contributed by atoms with Gasteiger partial charge >= 0.3 is 5.97 Å². The van der Waals surface area contributed by atoms with Gasteiger partial charge in [-0.2, -0.15) is 0 Å². The van der Waals surface area contributed by atoms with Crippen LogP contribution in [0, 0.1) is 0 Å². The third-order valence-corrected chi connectivity index (χ3v) is 12.7. The number of amides is 1. The Bertz CT molecular complexity index is 966. The highest BCUT2D eigenvalue weighted by Crippen LogP contribution is 2.17. The largest absolute Gasteiger partial charge is 0.466 e. The molecule has 6 heteroatoms. The van der Waals surface area contributed by atoms with Gasteiger partial charge in [-0.1, -0.05) is 250 Å². The van der Waals surface area contributed by atoms with Crippen LogP contribution in [0.2, 0.25) is 0 Å². The maximum Gasteiger partial charge on any atom is 0.305 e. The lowest BCUT2D eigenvalue weighted by Crippen LogP contribution is -2.45. The highest BCUT2D eigenvalue weighted by atomic mass is 16.5. The summed E-state index contributed by atoms with van der Waals surface area (Å²) in [6.45, 7) is 4.85. The van der Waals surface area contributed by atoms with Crippen molar-refractivity contribution >= 4 is 11.9 Å². The van der Waals surface area contributed by atoms with Gasteiger partial charge in [-0.05, 0) is 57.8 Å². The van der Waals surface area contributed by atoms with Gasteiger partial charge in [-0.25, -0.2) is 0 Å². The molecule has 0 aromatic rings. The van der Waals surface area contributed by atoms with Crippen LogP contribution in [0.15, 0.2) is 24.3 Å². The number of esters is 1. The molecule has 0 bridgehead atoms. The van der Waals surface area contributed by atoms with E-state index in [1.165, 1.54) is 225 Å². The van der Waals surface area contributed by atoms with Crippen molar-refractivity contribution < 1.29 is 24.5 Å². The summed E-state index contributed by atoms with van der Waals surface area (Å²) in [5, 5.41) is 22.9. The van der Waals surface area contributed by atoms with Gasteiger partial charge in [0.1, 0.15) is 0 Å². The lowest BCUT2D eigenvalue weighted by molar-refractivity contribution is -0.143. The fraction of sp³-hybridized carbons (Fsp3) is 0.893. The number of nitrogens with one attached hydrogen (secondary N) is 1. The van der Waals surface area contributed by atoms with Gasteiger partial charge in [0.2, 0.25) is 5.91 Å². The number of carbonyl (C=O) groups is 2. The molecular formula is C56H107NO5. The van der Waals surface area contributed by atoms with Gasteiger partial charge in [0, 0.05) is 12.8 Å². The van der Waals surface area contributed by atoms with Gasteiger partial charge in [0.05, 0.1) is 25.4 Å². The molecule has 2 atom stereocenters. The summed E-state index contributed by atoms with van der Waals surface area (Å²) in [5.41, 5.74) is 0. The summed E-state index contributed by atoms with van der Waals surface area (Å²) in [6.07, 6.45) is 62.1. The molecule has 0 aliphatic heterocycles. The molecule has 0 aliphatic rings. The van der Waals surface area contributed by atoms with E-state index in [2.05, 4.69) is 31.3 Å². The average molecular weight is 874 g/mol. The van der Waals surface area contributed by atoms with E-state index in [0.29, 0.717) is 19.4 Å². The first-order valence-electron chi connectivity index (χ1n) is 27.6. The maximum atomic E-state index is 12.4. The van der Waals surface area contributed by atoms with E-state index < -0.39 is 12.1 Å².